The molecule has 0 saturated carbocycles. The Bertz CT molecular complexity index is 279. The van der Waals surface area contributed by atoms with Crippen LogP contribution in [0.4, 0.5) is 0 Å². The third-order valence-electron chi connectivity index (χ3n) is 2.56. The van der Waals surface area contributed by atoms with Gasteiger partial charge in [0.15, 0.2) is 0 Å². The van der Waals surface area contributed by atoms with Gasteiger partial charge in [0.1, 0.15) is 0 Å². The van der Waals surface area contributed by atoms with Crippen molar-refractivity contribution in [2.45, 2.75) is 32.4 Å². The molecule has 2 nitrogen and oxygen atoms in total. The van der Waals surface area contributed by atoms with Crippen molar-refractivity contribution >= 4 is 23.1 Å². The summed E-state index contributed by atoms with van der Waals surface area (Å²) in [6, 6.07) is 0.718. The van der Waals surface area contributed by atoms with Crippen LogP contribution in [0.5, 0.6) is 0 Å². The predicted molar refractivity (Wildman–Crippen MR) is 64.0 cm³/mol. The minimum atomic E-state index is 0.718. The normalized spacial score (nSPS) is 22.5. The fourth-order valence-corrected chi connectivity index (χ4v) is 3.47. The largest absolute Gasteiger partial charge is 0.308 e. The standard InChI is InChI=1S/C10H16N2S2/c1-8-10(14-7-12-8)5-11-9-3-2-4-13-6-9/h7,9,11H,2-6H2,1H3. The molecule has 2 heterocycles. The highest BCUT2D eigenvalue weighted by molar-refractivity contribution is 7.99. The average Bonchev–Trinajstić information content (AvgIpc) is 2.63. The summed E-state index contributed by atoms with van der Waals surface area (Å²) in [6.07, 6.45) is 2.70. The maximum Gasteiger partial charge on any atom is 0.0798 e. The maximum absolute atomic E-state index is 4.25. The lowest BCUT2D eigenvalue weighted by Crippen LogP contribution is -2.33. The van der Waals surface area contributed by atoms with Crippen molar-refractivity contribution in [2.75, 3.05) is 11.5 Å². The van der Waals surface area contributed by atoms with E-state index in [1.165, 1.54) is 34.9 Å². The molecule has 1 aromatic heterocycles. The van der Waals surface area contributed by atoms with Gasteiger partial charge in [-0.15, -0.1) is 11.3 Å². The molecule has 1 unspecified atom stereocenters. The Morgan fingerprint density at radius 1 is 1.64 bits per heavy atom. The van der Waals surface area contributed by atoms with Gasteiger partial charge in [0.25, 0.3) is 0 Å². The van der Waals surface area contributed by atoms with Crippen LogP contribution in [0.1, 0.15) is 23.4 Å². The van der Waals surface area contributed by atoms with Crippen molar-refractivity contribution in [1.82, 2.24) is 10.3 Å². The molecule has 0 spiro atoms. The summed E-state index contributed by atoms with van der Waals surface area (Å²) in [4.78, 5) is 5.64. The van der Waals surface area contributed by atoms with Gasteiger partial charge in [0.05, 0.1) is 11.2 Å². The van der Waals surface area contributed by atoms with Crippen LogP contribution < -0.4 is 5.32 Å². The van der Waals surface area contributed by atoms with Crippen LogP contribution in [0.2, 0.25) is 0 Å². The molecule has 1 aliphatic heterocycles. The number of nitrogens with one attached hydrogen (secondary N) is 1. The van der Waals surface area contributed by atoms with Gasteiger partial charge in [0.2, 0.25) is 0 Å². The van der Waals surface area contributed by atoms with Crippen LogP contribution in [-0.2, 0) is 6.54 Å². The first-order chi connectivity index (χ1) is 6.86. The number of thiazole rings is 1. The van der Waals surface area contributed by atoms with Crippen LogP contribution in [-0.4, -0.2) is 22.5 Å². The third-order valence-corrected chi connectivity index (χ3v) is 4.71. The molecule has 0 amide bonds. The molecular weight excluding hydrogens is 212 g/mol. The van der Waals surface area contributed by atoms with E-state index in [1.807, 2.05) is 5.51 Å². The number of hydrogen-bond acceptors (Lipinski definition) is 4. The molecule has 1 N–H and O–H groups in total. The molecule has 2 rings (SSSR count). The van der Waals surface area contributed by atoms with Gasteiger partial charge in [0, 0.05) is 23.2 Å². The van der Waals surface area contributed by atoms with Crippen molar-refractivity contribution < 1.29 is 0 Å². The van der Waals surface area contributed by atoms with Crippen LogP contribution in [0, 0.1) is 6.92 Å². The summed E-state index contributed by atoms with van der Waals surface area (Å²) in [5.41, 5.74) is 3.12. The van der Waals surface area contributed by atoms with E-state index in [2.05, 4.69) is 29.0 Å². The summed E-state index contributed by atoms with van der Waals surface area (Å²) in [6.45, 7) is 3.09. The van der Waals surface area contributed by atoms with Gasteiger partial charge in [-0.1, -0.05) is 0 Å². The highest BCUT2D eigenvalue weighted by atomic mass is 32.2. The molecule has 1 fully saturated rings. The molecule has 1 saturated heterocycles. The molecule has 1 atom stereocenters. The highest BCUT2D eigenvalue weighted by Crippen LogP contribution is 2.18. The lowest BCUT2D eigenvalue weighted by atomic mass is 10.2. The Balaban J connectivity index is 1.79. The molecule has 0 aliphatic carbocycles. The lowest BCUT2D eigenvalue weighted by molar-refractivity contribution is 0.509. The zero-order valence-corrected chi connectivity index (χ0v) is 10.1. The van der Waals surface area contributed by atoms with Gasteiger partial charge in [-0.25, -0.2) is 4.98 Å². The fraction of sp³-hybridized carbons (Fsp3) is 0.700. The summed E-state index contributed by atoms with van der Waals surface area (Å²) < 4.78 is 0. The molecule has 14 heavy (non-hydrogen) atoms. The molecule has 0 bridgehead atoms. The van der Waals surface area contributed by atoms with Crippen LogP contribution in [0.25, 0.3) is 0 Å². The predicted octanol–water partition coefficient (Wildman–Crippen LogP) is 2.44. The maximum atomic E-state index is 4.25. The zero-order chi connectivity index (χ0) is 9.80. The molecular formula is C10H16N2S2. The van der Waals surface area contributed by atoms with E-state index in [0.717, 1.165) is 12.6 Å². The summed E-state index contributed by atoms with van der Waals surface area (Å²) in [7, 11) is 0. The first-order valence-corrected chi connectivity index (χ1v) is 7.10. The molecule has 78 valence electrons. The second-order valence-electron chi connectivity index (χ2n) is 3.66. The molecule has 0 aromatic carbocycles. The smallest absolute Gasteiger partial charge is 0.0798 e. The topological polar surface area (TPSA) is 24.9 Å². The second-order valence-corrected chi connectivity index (χ2v) is 5.75. The van der Waals surface area contributed by atoms with Crippen molar-refractivity contribution in [1.29, 1.82) is 0 Å². The number of nitrogens with zero attached hydrogens (tertiary/aromatic N) is 1. The van der Waals surface area contributed by atoms with Crippen LogP contribution >= 0.6 is 23.1 Å². The van der Waals surface area contributed by atoms with Crippen molar-refractivity contribution in [3.63, 3.8) is 0 Å². The van der Waals surface area contributed by atoms with Gasteiger partial charge in [-0.05, 0) is 25.5 Å². The van der Waals surface area contributed by atoms with E-state index in [0.29, 0.717) is 0 Å². The molecule has 1 aliphatic rings. The SMILES string of the molecule is Cc1ncsc1CNC1CCCSC1. The van der Waals surface area contributed by atoms with E-state index in [9.17, 15) is 0 Å². The van der Waals surface area contributed by atoms with Gasteiger partial charge in [-0.3, -0.25) is 0 Å². The first-order valence-electron chi connectivity index (χ1n) is 5.06. The van der Waals surface area contributed by atoms with Crippen molar-refractivity contribution in [3.8, 4) is 0 Å². The van der Waals surface area contributed by atoms with Gasteiger partial charge >= 0.3 is 0 Å². The van der Waals surface area contributed by atoms with Gasteiger partial charge in [-0.2, -0.15) is 11.8 Å². The number of rotatable bonds is 3. The monoisotopic (exact) mass is 228 g/mol. The quantitative estimate of drug-likeness (QED) is 0.860. The minimum absolute atomic E-state index is 0.718. The molecule has 0 radical (unpaired) electrons. The number of hydrogen-bond donors (Lipinski definition) is 1. The van der Waals surface area contributed by atoms with E-state index in [1.54, 1.807) is 11.3 Å². The zero-order valence-electron chi connectivity index (χ0n) is 8.45. The number of thioether (sulfide) groups is 1. The second kappa shape index (κ2) is 5.14. The third kappa shape index (κ3) is 2.72. The Hall–Kier alpha value is -0.0600. The Labute approximate surface area is 93.5 Å². The Morgan fingerprint density at radius 3 is 3.21 bits per heavy atom. The molecule has 1 aromatic rings. The van der Waals surface area contributed by atoms with Gasteiger partial charge < -0.3 is 5.32 Å². The summed E-state index contributed by atoms with van der Waals surface area (Å²) >= 11 is 3.83. The van der Waals surface area contributed by atoms with Crippen molar-refractivity contribution in [3.05, 3.63) is 16.1 Å². The van der Waals surface area contributed by atoms with Crippen LogP contribution in [0.15, 0.2) is 5.51 Å². The Kier molecular flexibility index (Phi) is 3.84. The minimum Gasteiger partial charge on any atom is -0.308 e. The average molecular weight is 228 g/mol. The van der Waals surface area contributed by atoms with Crippen molar-refractivity contribution in [2.24, 2.45) is 0 Å². The van der Waals surface area contributed by atoms with E-state index < -0.39 is 0 Å². The summed E-state index contributed by atoms with van der Waals surface area (Å²) in [5.74, 6) is 2.62. The number of aromatic nitrogens is 1. The van der Waals surface area contributed by atoms with E-state index in [4.69, 9.17) is 0 Å². The first kappa shape index (κ1) is 10.5. The Morgan fingerprint density at radius 2 is 2.57 bits per heavy atom. The van der Waals surface area contributed by atoms with Crippen LogP contribution in [0.3, 0.4) is 0 Å². The fourth-order valence-electron chi connectivity index (χ4n) is 1.63. The summed E-state index contributed by atoms with van der Waals surface area (Å²) in [5, 5.41) is 3.61. The highest BCUT2D eigenvalue weighted by Gasteiger charge is 2.13. The number of aryl methyl sites for hydroxylation is 1. The van der Waals surface area contributed by atoms with E-state index >= 15 is 0 Å². The molecule has 4 heteroatoms. The lowest BCUT2D eigenvalue weighted by Gasteiger charge is -2.22. The van der Waals surface area contributed by atoms with E-state index in [-0.39, 0.29) is 0 Å².